The molecule has 4 rings (SSSR count). The second-order valence-corrected chi connectivity index (χ2v) is 11.4. The quantitative estimate of drug-likeness (QED) is 0.422. The molecule has 0 amide bonds. The van der Waals surface area contributed by atoms with Gasteiger partial charge in [-0.15, -0.1) is 0 Å². The molecular formula is C25H39F3O3. The summed E-state index contributed by atoms with van der Waals surface area (Å²) in [7, 11) is 0. The minimum Gasteiger partial charge on any atom is -0.383 e. The molecule has 0 aromatic rings. The smallest absolute Gasteiger partial charge is 0.383 e. The number of ether oxygens (including phenoxy) is 1. The van der Waals surface area contributed by atoms with Crippen molar-refractivity contribution in [2.45, 2.75) is 97.1 Å². The van der Waals surface area contributed by atoms with E-state index in [1.54, 1.807) is 6.92 Å². The largest absolute Gasteiger partial charge is 0.414 e. The molecule has 2 N–H and O–H groups in total. The molecule has 178 valence electrons. The Morgan fingerprint density at radius 2 is 1.84 bits per heavy atom. The van der Waals surface area contributed by atoms with Gasteiger partial charge in [0.15, 0.2) is 11.9 Å². The highest BCUT2D eigenvalue weighted by Crippen LogP contribution is 2.68. The van der Waals surface area contributed by atoms with Gasteiger partial charge in [0, 0.05) is 19.4 Å². The lowest BCUT2D eigenvalue weighted by Gasteiger charge is -2.59. The Morgan fingerprint density at radius 3 is 2.48 bits per heavy atom. The van der Waals surface area contributed by atoms with E-state index < -0.39 is 24.0 Å². The van der Waals surface area contributed by atoms with Crippen LogP contribution in [0.4, 0.5) is 13.2 Å². The van der Waals surface area contributed by atoms with E-state index in [2.05, 4.69) is 19.9 Å². The van der Waals surface area contributed by atoms with Crippen LogP contribution in [0.5, 0.6) is 0 Å². The molecule has 4 aliphatic carbocycles. The summed E-state index contributed by atoms with van der Waals surface area (Å²) < 4.78 is 45.4. The Kier molecular flexibility index (Phi) is 5.88. The highest BCUT2D eigenvalue weighted by atomic mass is 19.4. The molecule has 6 heteroatoms. The van der Waals surface area contributed by atoms with Gasteiger partial charge in [0.2, 0.25) is 0 Å². The molecule has 0 spiro atoms. The maximum Gasteiger partial charge on any atom is 0.414 e. The molecule has 3 fully saturated rings. The van der Waals surface area contributed by atoms with Crippen molar-refractivity contribution >= 4 is 0 Å². The van der Waals surface area contributed by atoms with Gasteiger partial charge in [0.25, 0.3) is 0 Å². The van der Waals surface area contributed by atoms with E-state index >= 15 is 0 Å². The maximum absolute atomic E-state index is 13.2. The van der Waals surface area contributed by atoms with E-state index in [-0.39, 0.29) is 16.7 Å². The molecule has 0 radical (unpaired) electrons. The average molecular weight is 445 g/mol. The van der Waals surface area contributed by atoms with E-state index in [9.17, 15) is 23.4 Å². The third kappa shape index (κ3) is 3.69. The van der Waals surface area contributed by atoms with Gasteiger partial charge in [0.05, 0.1) is 0 Å². The van der Waals surface area contributed by atoms with E-state index in [4.69, 9.17) is 4.74 Å². The Hall–Kier alpha value is -0.590. The zero-order valence-corrected chi connectivity index (χ0v) is 19.3. The van der Waals surface area contributed by atoms with Crippen molar-refractivity contribution in [2.24, 2.45) is 40.4 Å². The van der Waals surface area contributed by atoms with Crippen LogP contribution in [0.1, 0.15) is 79.1 Å². The third-order valence-electron chi connectivity index (χ3n) is 10.1. The van der Waals surface area contributed by atoms with Crippen molar-refractivity contribution < 1.29 is 28.1 Å². The summed E-state index contributed by atoms with van der Waals surface area (Å²) in [5.41, 5.74) is 1.22. The highest BCUT2D eigenvalue weighted by molar-refractivity contribution is 5.26. The summed E-state index contributed by atoms with van der Waals surface area (Å²) in [5, 5.41) is 20.8. The number of hydrogen-bond acceptors (Lipinski definition) is 3. The van der Waals surface area contributed by atoms with Crippen molar-refractivity contribution in [3.05, 3.63) is 11.6 Å². The Morgan fingerprint density at radius 1 is 1.13 bits per heavy atom. The summed E-state index contributed by atoms with van der Waals surface area (Å²) in [6.45, 7) is 8.54. The summed E-state index contributed by atoms with van der Waals surface area (Å²) in [6.07, 6.45) is 2.25. The minimum absolute atomic E-state index is 0.0444. The molecule has 0 aromatic carbocycles. The Labute approximate surface area is 184 Å². The number of halogens is 3. The molecule has 31 heavy (non-hydrogen) atoms. The first-order valence-corrected chi connectivity index (χ1v) is 12.2. The van der Waals surface area contributed by atoms with Crippen molar-refractivity contribution in [3.8, 4) is 0 Å². The normalized spacial score (nSPS) is 47.1. The molecule has 3 nitrogen and oxygen atoms in total. The monoisotopic (exact) mass is 444 g/mol. The lowest BCUT2D eigenvalue weighted by Crippen LogP contribution is -2.53. The van der Waals surface area contributed by atoms with E-state index in [0.29, 0.717) is 37.2 Å². The first-order valence-electron chi connectivity index (χ1n) is 12.2. The highest BCUT2D eigenvalue weighted by Gasteiger charge is 2.61. The molecule has 0 heterocycles. The standard InChI is InChI=1S/C25H39F3O3/c1-5-31-24(30)13-12-22(3)16(14-24)6-7-17-19-9-8-18(15(2)21(29)25(26,27)28)23(19,4)11-10-20(17)22/h6,15,17-21,29-30H,5,7-14H2,1-4H3/t15-,17-,18+,19-,20-,21-,22-,23+,24+/m0/s1. The van der Waals surface area contributed by atoms with E-state index in [1.807, 2.05) is 6.92 Å². The van der Waals surface area contributed by atoms with E-state index in [1.165, 1.54) is 5.57 Å². The Bertz CT molecular complexity index is 721. The molecule has 0 aliphatic heterocycles. The first kappa shape index (κ1) is 23.6. The number of aliphatic hydroxyl groups is 2. The SMILES string of the molecule is CCO[C@]1(O)CC[C@@]2(C)C(=CC[C@H]3[C@@H]4CC[C@H]([C@H](C)[C@H](O)C(F)(F)F)[C@@]4(C)CC[C@@H]32)C1. The summed E-state index contributed by atoms with van der Waals surface area (Å²) in [5.74, 6) is -0.529. The molecular weight excluding hydrogens is 405 g/mol. The number of hydrogen-bond donors (Lipinski definition) is 2. The summed E-state index contributed by atoms with van der Waals surface area (Å²) in [6, 6.07) is 0. The van der Waals surface area contributed by atoms with Crippen molar-refractivity contribution in [1.82, 2.24) is 0 Å². The average Bonchev–Trinajstić information content (AvgIpc) is 3.04. The molecule has 0 unspecified atom stereocenters. The van der Waals surface area contributed by atoms with Crippen LogP contribution >= 0.6 is 0 Å². The Balaban J connectivity index is 1.57. The van der Waals surface area contributed by atoms with E-state index in [0.717, 1.165) is 38.5 Å². The maximum atomic E-state index is 13.2. The van der Waals surface area contributed by atoms with Gasteiger partial charge in [0.1, 0.15) is 0 Å². The number of aliphatic hydroxyl groups excluding tert-OH is 1. The van der Waals surface area contributed by atoms with Gasteiger partial charge in [-0.05, 0) is 85.9 Å². The first-order chi connectivity index (χ1) is 14.4. The number of alkyl halides is 3. The van der Waals surface area contributed by atoms with Gasteiger partial charge in [-0.25, -0.2) is 0 Å². The lowest BCUT2D eigenvalue weighted by molar-refractivity contribution is -0.229. The summed E-state index contributed by atoms with van der Waals surface area (Å²) >= 11 is 0. The predicted octanol–water partition coefficient (Wildman–Crippen LogP) is 5.85. The van der Waals surface area contributed by atoms with Gasteiger partial charge < -0.3 is 14.9 Å². The fourth-order valence-electron chi connectivity index (χ4n) is 8.43. The molecule has 9 atom stereocenters. The fourth-order valence-corrected chi connectivity index (χ4v) is 8.43. The van der Waals surface area contributed by atoms with Crippen molar-refractivity contribution in [2.75, 3.05) is 6.61 Å². The minimum atomic E-state index is -4.56. The fraction of sp³-hybridized carbons (Fsp3) is 0.920. The molecule has 4 aliphatic rings. The zero-order chi connectivity index (χ0) is 22.8. The van der Waals surface area contributed by atoms with Crippen LogP contribution in [0.3, 0.4) is 0 Å². The lowest BCUT2D eigenvalue weighted by atomic mass is 9.46. The third-order valence-corrected chi connectivity index (χ3v) is 10.1. The summed E-state index contributed by atoms with van der Waals surface area (Å²) in [4.78, 5) is 0. The second-order valence-electron chi connectivity index (χ2n) is 11.4. The van der Waals surface area contributed by atoms with Gasteiger partial charge >= 0.3 is 6.18 Å². The van der Waals surface area contributed by atoms with Gasteiger partial charge in [-0.1, -0.05) is 32.4 Å². The second kappa shape index (κ2) is 7.73. The van der Waals surface area contributed by atoms with Gasteiger partial charge in [-0.2, -0.15) is 13.2 Å². The number of rotatable bonds is 4. The van der Waals surface area contributed by atoms with Gasteiger partial charge in [-0.3, -0.25) is 0 Å². The van der Waals surface area contributed by atoms with Crippen LogP contribution in [0.15, 0.2) is 11.6 Å². The van der Waals surface area contributed by atoms with Crippen LogP contribution in [0, 0.1) is 40.4 Å². The van der Waals surface area contributed by atoms with Crippen LogP contribution in [0.25, 0.3) is 0 Å². The zero-order valence-electron chi connectivity index (χ0n) is 19.3. The molecule has 0 saturated heterocycles. The van der Waals surface area contributed by atoms with Crippen LogP contribution < -0.4 is 0 Å². The molecule has 3 saturated carbocycles. The molecule has 0 aromatic heterocycles. The number of fused-ring (bicyclic) bond motifs is 5. The van der Waals surface area contributed by atoms with Crippen LogP contribution in [-0.4, -0.2) is 34.9 Å². The van der Waals surface area contributed by atoms with Crippen LogP contribution in [-0.2, 0) is 4.74 Å². The topological polar surface area (TPSA) is 49.7 Å². The molecule has 0 bridgehead atoms. The predicted molar refractivity (Wildman–Crippen MR) is 113 cm³/mol. The van der Waals surface area contributed by atoms with Crippen molar-refractivity contribution in [3.63, 3.8) is 0 Å². The van der Waals surface area contributed by atoms with Crippen LogP contribution in [0.2, 0.25) is 0 Å². The number of allylic oxidation sites excluding steroid dienone is 1. The van der Waals surface area contributed by atoms with Crippen molar-refractivity contribution in [1.29, 1.82) is 0 Å².